The average molecular weight is 455 g/mol. The molecular formula is C25H31ClN4O2. The lowest BCUT2D eigenvalue weighted by molar-refractivity contribution is -0.134. The predicted octanol–water partition coefficient (Wildman–Crippen LogP) is 4.35. The maximum Gasteiger partial charge on any atom is 0.227 e. The Morgan fingerprint density at radius 3 is 2.34 bits per heavy atom. The minimum Gasteiger partial charge on any atom is -0.336 e. The molecule has 2 aliphatic rings. The molecule has 4 rings (SSSR count). The van der Waals surface area contributed by atoms with Crippen LogP contribution in [0.3, 0.4) is 0 Å². The summed E-state index contributed by atoms with van der Waals surface area (Å²) in [6.45, 7) is 0. The van der Waals surface area contributed by atoms with Crippen molar-refractivity contribution < 1.29 is 9.59 Å². The summed E-state index contributed by atoms with van der Waals surface area (Å²) in [5.74, 6) is 0.396. The van der Waals surface area contributed by atoms with Crippen LogP contribution in [0.25, 0.3) is 0 Å². The first-order valence-electron chi connectivity index (χ1n) is 11.4. The number of carbonyl (C=O) groups excluding carboxylic acids is 2. The van der Waals surface area contributed by atoms with Crippen molar-refractivity contribution in [3.63, 3.8) is 0 Å². The van der Waals surface area contributed by atoms with Crippen LogP contribution >= 0.6 is 11.6 Å². The van der Waals surface area contributed by atoms with Gasteiger partial charge in [-0.05, 0) is 74.3 Å². The summed E-state index contributed by atoms with van der Waals surface area (Å²) in [6.07, 6.45) is 8.93. The summed E-state index contributed by atoms with van der Waals surface area (Å²) < 4.78 is 0. The van der Waals surface area contributed by atoms with E-state index < -0.39 is 0 Å². The van der Waals surface area contributed by atoms with Crippen molar-refractivity contribution in [1.82, 2.24) is 9.88 Å². The number of benzene rings is 1. The van der Waals surface area contributed by atoms with Gasteiger partial charge in [-0.3, -0.25) is 14.6 Å². The molecule has 1 aromatic carbocycles. The highest BCUT2D eigenvalue weighted by Crippen LogP contribution is 2.50. The lowest BCUT2D eigenvalue weighted by atomic mass is 9.77. The van der Waals surface area contributed by atoms with Crippen LogP contribution in [0.5, 0.6) is 0 Å². The molecular weight excluding hydrogens is 424 g/mol. The Morgan fingerprint density at radius 1 is 1.12 bits per heavy atom. The third-order valence-electron chi connectivity index (χ3n) is 7.23. The highest BCUT2D eigenvalue weighted by atomic mass is 35.5. The Bertz CT molecular complexity index is 938. The molecule has 3 N–H and O–H groups in total. The second-order valence-electron chi connectivity index (χ2n) is 9.20. The first kappa shape index (κ1) is 22.7. The highest BCUT2D eigenvalue weighted by Gasteiger charge is 2.50. The van der Waals surface area contributed by atoms with Gasteiger partial charge in [0.25, 0.3) is 0 Å². The number of halogens is 1. The van der Waals surface area contributed by atoms with E-state index in [2.05, 4.69) is 10.3 Å². The van der Waals surface area contributed by atoms with E-state index in [1.807, 2.05) is 36.2 Å². The number of nitrogens with two attached hydrogens (primary N) is 1. The van der Waals surface area contributed by atoms with Gasteiger partial charge in [0, 0.05) is 48.5 Å². The summed E-state index contributed by atoms with van der Waals surface area (Å²) in [7, 11) is 1.89. The second-order valence-corrected chi connectivity index (χ2v) is 9.63. The molecule has 7 heteroatoms. The van der Waals surface area contributed by atoms with Crippen LogP contribution in [0.1, 0.15) is 50.5 Å². The number of hydrogen-bond acceptors (Lipinski definition) is 4. The summed E-state index contributed by atoms with van der Waals surface area (Å²) in [5, 5.41) is 3.67. The molecule has 2 amide bonds. The van der Waals surface area contributed by atoms with Crippen molar-refractivity contribution in [3.8, 4) is 0 Å². The molecule has 0 radical (unpaired) electrons. The van der Waals surface area contributed by atoms with E-state index in [0.29, 0.717) is 11.4 Å². The van der Waals surface area contributed by atoms with Gasteiger partial charge in [-0.15, -0.1) is 0 Å². The molecule has 1 aromatic heterocycles. The van der Waals surface area contributed by atoms with Crippen LogP contribution in [-0.2, 0) is 15.1 Å². The summed E-state index contributed by atoms with van der Waals surface area (Å²) in [4.78, 5) is 31.4. The Labute approximate surface area is 194 Å². The minimum absolute atomic E-state index is 0.00960. The van der Waals surface area contributed by atoms with Crippen LogP contribution in [-0.4, -0.2) is 34.8 Å². The molecule has 0 saturated heterocycles. The van der Waals surface area contributed by atoms with Crippen LogP contribution in [0.2, 0.25) is 5.02 Å². The van der Waals surface area contributed by atoms with Gasteiger partial charge in [0.15, 0.2) is 0 Å². The number of nitrogens with one attached hydrogen (secondary N) is 1. The van der Waals surface area contributed by atoms with E-state index in [1.165, 1.54) is 0 Å². The number of nitrogens with zero attached hydrogens (tertiary/aromatic N) is 2. The maximum absolute atomic E-state index is 13.0. The van der Waals surface area contributed by atoms with E-state index in [-0.39, 0.29) is 35.2 Å². The summed E-state index contributed by atoms with van der Waals surface area (Å²) in [6, 6.07) is 11.2. The Balaban J connectivity index is 1.27. The van der Waals surface area contributed by atoms with Gasteiger partial charge >= 0.3 is 0 Å². The van der Waals surface area contributed by atoms with Gasteiger partial charge in [0.1, 0.15) is 0 Å². The molecule has 2 fully saturated rings. The minimum atomic E-state index is -0.218. The van der Waals surface area contributed by atoms with Crippen molar-refractivity contribution in [2.75, 3.05) is 12.4 Å². The quantitative estimate of drug-likeness (QED) is 0.651. The number of aromatic nitrogens is 1. The van der Waals surface area contributed by atoms with Crippen LogP contribution < -0.4 is 11.1 Å². The van der Waals surface area contributed by atoms with Gasteiger partial charge in [0.2, 0.25) is 11.8 Å². The SMILES string of the molecule is CN(C(=O)CC(N)[C@H]1CC[C@H](C(=O)Nc2ccncc2)CC1)C1(c2ccc(Cl)cc2)CC1. The highest BCUT2D eigenvalue weighted by molar-refractivity contribution is 6.30. The fraction of sp³-hybridized carbons (Fsp3) is 0.480. The molecule has 0 aliphatic heterocycles. The number of hydrogen-bond donors (Lipinski definition) is 2. The van der Waals surface area contributed by atoms with Gasteiger partial charge in [0.05, 0.1) is 5.54 Å². The van der Waals surface area contributed by atoms with Crippen molar-refractivity contribution in [3.05, 3.63) is 59.4 Å². The Morgan fingerprint density at radius 2 is 1.75 bits per heavy atom. The molecule has 1 heterocycles. The van der Waals surface area contributed by atoms with Crippen molar-refractivity contribution in [2.24, 2.45) is 17.6 Å². The number of carbonyl (C=O) groups is 2. The number of pyridine rings is 1. The second kappa shape index (κ2) is 9.59. The standard InChI is InChI=1S/C25H31ClN4O2/c1-30(25(12-13-25)19-6-8-20(26)9-7-19)23(31)16-22(27)17-2-4-18(5-3-17)24(32)29-21-10-14-28-15-11-21/h6-11,14-15,17-18,22H,2-5,12-13,16,27H2,1H3,(H,28,29,32)/t17-,18-,22?. The molecule has 2 saturated carbocycles. The number of amides is 2. The van der Waals surface area contributed by atoms with E-state index in [9.17, 15) is 9.59 Å². The Kier molecular flexibility index (Phi) is 6.82. The maximum atomic E-state index is 13.0. The molecule has 6 nitrogen and oxygen atoms in total. The van der Waals surface area contributed by atoms with Crippen molar-refractivity contribution >= 4 is 29.1 Å². The van der Waals surface area contributed by atoms with Gasteiger partial charge in [-0.1, -0.05) is 23.7 Å². The molecule has 2 aliphatic carbocycles. The van der Waals surface area contributed by atoms with Crippen LogP contribution in [0, 0.1) is 11.8 Å². The van der Waals surface area contributed by atoms with Gasteiger partial charge < -0.3 is 16.0 Å². The third-order valence-corrected chi connectivity index (χ3v) is 7.48. The monoisotopic (exact) mass is 454 g/mol. The fourth-order valence-corrected chi connectivity index (χ4v) is 5.06. The lowest BCUT2D eigenvalue weighted by Gasteiger charge is -2.34. The zero-order chi connectivity index (χ0) is 22.7. The van der Waals surface area contributed by atoms with Crippen molar-refractivity contribution in [1.29, 1.82) is 0 Å². The molecule has 2 aromatic rings. The zero-order valence-electron chi connectivity index (χ0n) is 18.5. The largest absolute Gasteiger partial charge is 0.336 e. The van der Waals surface area contributed by atoms with E-state index >= 15 is 0 Å². The first-order chi connectivity index (χ1) is 15.4. The zero-order valence-corrected chi connectivity index (χ0v) is 19.2. The molecule has 1 unspecified atom stereocenters. The number of rotatable bonds is 7. The van der Waals surface area contributed by atoms with E-state index in [4.69, 9.17) is 17.3 Å². The molecule has 0 spiro atoms. The van der Waals surface area contributed by atoms with Crippen LogP contribution in [0.15, 0.2) is 48.8 Å². The first-order valence-corrected chi connectivity index (χ1v) is 11.8. The lowest BCUT2D eigenvalue weighted by Crippen LogP contribution is -2.43. The van der Waals surface area contributed by atoms with Crippen molar-refractivity contribution in [2.45, 2.75) is 56.5 Å². The molecule has 1 atom stereocenters. The fourth-order valence-electron chi connectivity index (χ4n) is 4.93. The third kappa shape index (κ3) is 4.97. The van der Waals surface area contributed by atoms with Gasteiger partial charge in [-0.25, -0.2) is 0 Å². The molecule has 170 valence electrons. The predicted molar refractivity (Wildman–Crippen MR) is 126 cm³/mol. The topological polar surface area (TPSA) is 88.3 Å². The Hall–Kier alpha value is -2.44. The average Bonchev–Trinajstić information content (AvgIpc) is 3.61. The molecule has 32 heavy (non-hydrogen) atoms. The van der Waals surface area contributed by atoms with Gasteiger partial charge in [-0.2, -0.15) is 0 Å². The normalized spacial score (nSPS) is 22.6. The summed E-state index contributed by atoms with van der Waals surface area (Å²) >= 11 is 6.02. The smallest absolute Gasteiger partial charge is 0.227 e. The summed E-state index contributed by atoms with van der Waals surface area (Å²) in [5.41, 5.74) is 8.17. The number of anilines is 1. The van der Waals surface area contributed by atoms with E-state index in [1.54, 1.807) is 24.5 Å². The molecule has 0 bridgehead atoms. The van der Waals surface area contributed by atoms with Crippen LogP contribution in [0.4, 0.5) is 5.69 Å². The van der Waals surface area contributed by atoms with E-state index in [0.717, 1.165) is 49.8 Å².